The van der Waals surface area contributed by atoms with Gasteiger partial charge in [0.1, 0.15) is 0 Å². The minimum Gasteiger partial charge on any atom is -0.415 e. The molecule has 3 rings (SSSR count). The molecule has 0 bridgehead atoms. The van der Waals surface area contributed by atoms with Crippen molar-refractivity contribution >= 4 is 40.2 Å². The molecule has 0 saturated carbocycles. The van der Waals surface area contributed by atoms with Crippen molar-refractivity contribution in [1.82, 2.24) is 14.8 Å². The summed E-state index contributed by atoms with van der Waals surface area (Å²) in [6.45, 7) is 0.569. The number of hydrogen-bond donors (Lipinski definition) is 0. The van der Waals surface area contributed by atoms with E-state index >= 15 is 0 Å². The number of rotatable bonds is 8. The summed E-state index contributed by atoms with van der Waals surface area (Å²) in [5.74, 6) is 1.46. The van der Waals surface area contributed by atoms with Crippen molar-refractivity contribution in [2.45, 2.75) is 23.9 Å². The Hall–Kier alpha value is -2.24. The maximum Gasteiger partial charge on any atom is 0.277 e. The first-order valence-corrected chi connectivity index (χ1v) is 10.0. The smallest absolute Gasteiger partial charge is 0.277 e. The highest BCUT2D eigenvalue weighted by Crippen LogP contribution is 2.25. The highest BCUT2D eigenvalue weighted by Gasteiger charge is 2.16. The van der Waals surface area contributed by atoms with Crippen molar-refractivity contribution in [3.05, 3.63) is 41.9 Å². The van der Waals surface area contributed by atoms with Gasteiger partial charge in [0.2, 0.25) is 5.89 Å². The molecule has 128 valence electrons. The number of aromatic nitrogens is 3. The van der Waals surface area contributed by atoms with Crippen LogP contribution in [0.2, 0.25) is 0 Å². The Kier molecular flexibility index (Phi) is 5.79. The van der Waals surface area contributed by atoms with Crippen LogP contribution < -0.4 is 0 Å². The predicted octanol–water partition coefficient (Wildman–Crippen LogP) is 3.78. The van der Waals surface area contributed by atoms with Gasteiger partial charge in [-0.1, -0.05) is 30.0 Å². The zero-order chi connectivity index (χ0) is 17.6. The molecule has 6 nitrogen and oxygen atoms in total. The van der Waals surface area contributed by atoms with Crippen LogP contribution in [-0.2, 0) is 12.3 Å². The maximum atomic E-state index is 12.7. The quantitative estimate of drug-likeness (QED) is 0.439. The van der Waals surface area contributed by atoms with Crippen LogP contribution >= 0.6 is 23.5 Å². The SMILES string of the molecule is CSCc1nnc(SCC(=O)c2cn(CCC#N)c3ccccc23)o1. The van der Waals surface area contributed by atoms with E-state index in [9.17, 15) is 4.79 Å². The maximum absolute atomic E-state index is 12.7. The number of Topliss-reactive ketones (excluding diaryl/α,β-unsaturated/α-hetero) is 1. The van der Waals surface area contributed by atoms with E-state index in [1.54, 1.807) is 11.8 Å². The minimum absolute atomic E-state index is 0.00141. The van der Waals surface area contributed by atoms with Gasteiger partial charge in [0.25, 0.3) is 5.22 Å². The number of nitrogens with zero attached hydrogens (tertiary/aromatic N) is 4. The van der Waals surface area contributed by atoms with Gasteiger partial charge in [0.05, 0.1) is 24.0 Å². The molecule has 8 heteroatoms. The summed E-state index contributed by atoms with van der Waals surface area (Å²) in [4.78, 5) is 12.7. The van der Waals surface area contributed by atoms with E-state index in [0.29, 0.717) is 35.4 Å². The van der Waals surface area contributed by atoms with Crippen molar-refractivity contribution in [3.8, 4) is 6.07 Å². The van der Waals surface area contributed by atoms with Crippen LogP contribution in [0.4, 0.5) is 0 Å². The van der Waals surface area contributed by atoms with Gasteiger partial charge in [-0.2, -0.15) is 17.0 Å². The third-order valence-electron chi connectivity index (χ3n) is 3.60. The molecular formula is C17H16N4O2S2. The molecule has 0 aliphatic rings. The lowest BCUT2D eigenvalue weighted by molar-refractivity contribution is 0.102. The van der Waals surface area contributed by atoms with Crippen LogP contribution in [0.15, 0.2) is 40.1 Å². The van der Waals surface area contributed by atoms with Crippen LogP contribution in [0.3, 0.4) is 0 Å². The summed E-state index contributed by atoms with van der Waals surface area (Å²) in [6, 6.07) is 9.87. The number of ketones is 1. The molecular weight excluding hydrogens is 356 g/mol. The van der Waals surface area contributed by atoms with E-state index in [0.717, 1.165) is 10.9 Å². The monoisotopic (exact) mass is 372 g/mol. The average Bonchev–Trinajstić information content (AvgIpc) is 3.23. The fourth-order valence-electron chi connectivity index (χ4n) is 2.51. The normalized spacial score (nSPS) is 10.9. The first-order chi connectivity index (χ1) is 12.2. The molecule has 3 aromatic rings. The van der Waals surface area contributed by atoms with E-state index in [1.807, 2.05) is 41.3 Å². The number of nitriles is 1. The van der Waals surface area contributed by atoms with Gasteiger partial charge in [-0.3, -0.25) is 4.79 Å². The summed E-state index contributed by atoms with van der Waals surface area (Å²) in [6.07, 6.45) is 4.20. The molecule has 0 spiro atoms. The van der Waals surface area contributed by atoms with Gasteiger partial charge in [-0.05, 0) is 12.3 Å². The van der Waals surface area contributed by atoms with Crippen LogP contribution in [0, 0.1) is 11.3 Å². The van der Waals surface area contributed by atoms with E-state index in [4.69, 9.17) is 9.68 Å². The fourth-order valence-corrected chi connectivity index (χ4v) is 3.54. The fraction of sp³-hybridized carbons (Fsp3) is 0.294. The standard InChI is InChI=1S/C17H16N4O2S2/c1-24-11-16-19-20-17(23-16)25-10-15(22)13-9-21(8-4-7-18)14-6-3-2-5-12(13)14/h2-3,5-6,9H,4,8,10-11H2,1H3. The van der Waals surface area contributed by atoms with Crippen LogP contribution in [0.25, 0.3) is 10.9 Å². The molecule has 25 heavy (non-hydrogen) atoms. The lowest BCUT2D eigenvalue weighted by Crippen LogP contribution is -2.02. The van der Waals surface area contributed by atoms with Gasteiger partial charge in [-0.15, -0.1) is 10.2 Å². The minimum atomic E-state index is 0.00141. The Morgan fingerprint density at radius 3 is 3.00 bits per heavy atom. The predicted molar refractivity (Wildman–Crippen MR) is 98.7 cm³/mol. The molecule has 2 aromatic heterocycles. The lowest BCUT2D eigenvalue weighted by atomic mass is 10.1. The van der Waals surface area contributed by atoms with Crippen molar-refractivity contribution in [3.63, 3.8) is 0 Å². The van der Waals surface area contributed by atoms with Crippen molar-refractivity contribution in [1.29, 1.82) is 5.26 Å². The zero-order valence-corrected chi connectivity index (χ0v) is 15.3. The molecule has 2 heterocycles. The van der Waals surface area contributed by atoms with Crippen molar-refractivity contribution in [2.24, 2.45) is 0 Å². The second kappa shape index (κ2) is 8.23. The van der Waals surface area contributed by atoms with E-state index < -0.39 is 0 Å². The molecule has 0 aliphatic heterocycles. The Labute approximate surface area is 153 Å². The second-order valence-electron chi connectivity index (χ2n) is 5.27. The highest BCUT2D eigenvalue weighted by molar-refractivity contribution is 7.99. The number of hydrogen-bond acceptors (Lipinski definition) is 7. The summed E-state index contributed by atoms with van der Waals surface area (Å²) in [5, 5.41) is 18.0. The van der Waals surface area contributed by atoms with Crippen LogP contribution in [0.5, 0.6) is 0 Å². The number of benzene rings is 1. The Morgan fingerprint density at radius 1 is 1.36 bits per heavy atom. The van der Waals surface area contributed by atoms with Gasteiger partial charge in [0.15, 0.2) is 5.78 Å². The summed E-state index contributed by atoms with van der Waals surface area (Å²) in [5.41, 5.74) is 1.62. The first-order valence-electron chi connectivity index (χ1n) is 7.65. The van der Waals surface area contributed by atoms with Crippen LogP contribution in [0.1, 0.15) is 22.7 Å². The topological polar surface area (TPSA) is 84.7 Å². The molecule has 0 unspecified atom stereocenters. The van der Waals surface area contributed by atoms with E-state index in [1.165, 1.54) is 11.8 Å². The number of thioether (sulfide) groups is 2. The van der Waals surface area contributed by atoms with Crippen molar-refractivity contribution < 1.29 is 9.21 Å². The number of aryl methyl sites for hydroxylation is 1. The molecule has 0 saturated heterocycles. The molecule has 1 aromatic carbocycles. The van der Waals surface area contributed by atoms with E-state index in [-0.39, 0.29) is 11.5 Å². The third kappa shape index (κ3) is 4.06. The summed E-state index contributed by atoms with van der Waals surface area (Å²) in [7, 11) is 0. The van der Waals surface area contributed by atoms with Gasteiger partial charge < -0.3 is 8.98 Å². The van der Waals surface area contributed by atoms with Gasteiger partial charge >= 0.3 is 0 Å². The molecule has 0 fully saturated rings. The number of para-hydroxylation sites is 1. The Morgan fingerprint density at radius 2 is 2.20 bits per heavy atom. The van der Waals surface area contributed by atoms with E-state index in [2.05, 4.69) is 16.3 Å². The second-order valence-corrected chi connectivity index (χ2v) is 7.06. The average molecular weight is 372 g/mol. The number of carbonyl (C=O) groups is 1. The summed E-state index contributed by atoms with van der Waals surface area (Å²) >= 11 is 2.85. The van der Waals surface area contributed by atoms with Crippen LogP contribution in [-0.4, -0.2) is 32.6 Å². The third-order valence-corrected chi connectivity index (χ3v) is 4.95. The number of fused-ring (bicyclic) bond motifs is 1. The largest absolute Gasteiger partial charge is 0.415 e. The highest BCUT2D eigenvalue weighted by atomic mass is 32.2. The van der Waals surface area contributed by atoms with Gasteiger partial charge in [-0.25, -0.2) is 0 Å². The van der Waals surface area contributed by atoms with Gasteiger partial charge in [0, 0.05) is 29.2 Å². The number of carbonyl (C=O) groups excluding carboxylic acids is 1. The molecule has 0 aliphatic carbocycles. The zero-order valence-electron chi connectivity index (χ0n) is 13.6. The first kappa shape index (κ1) is 17.6. The molecule has 0 N–H and O–H groups in total. The van der Waals surface area contributed by atoms with Crippen molar-refractivity contribution in [2.75, 3.05) is 12.0 Å². The Balaban J connectivity index is 1.76. The Bertz CT molecular complexity index is 926. The lowest BCUT2D eigenvalue weighted by Gasteiger charge is -2.00. The molecule has 0 atom stereocenters. The molecule has 0 radical (unpaired) electrons. The molecule has 0 amide bonds. The summed E-state index contributed by atoms with van der Waals surface area (Å²) < 4.78 is 7.44.